The number of para-hydroxylation sites is 1. The quantitative estimate of drug-likeness (QED) is 0.527. The molecule has 0 saturated carbocycles. The Labute approximate surface area is 196 Å². The standard InChI is InChI=1S/C26H35N3O2S/c1-18(2)11-14-27-25(31)20-9-10-24-22(15-20)29(21-7-4-5-8-23(21)32-24)19(3)16-26(17-30)12-6-13-28-26/h4-5,7-10,15,18-19,28,30H,6,11-14,16-17H2,1-3H3,(H,27,31)/t19?,26-/m0/s1. The zero-order chi connectivity index (χ0) is 22.7. The van der Waals surface area contributed by atoms with E-state index in [0.29, 0.717) is 18.0 Å². The van der Waals surface area contributed by atoms with Gasteiger partial charge in [0, 0.05) is 33.5 Å². The highest BCUT2D eigenvalue weighted by atomic mass is 32.2. The third-order valence-electron chi connectivity index (χ3n) is 6.59. The number of carbonyl (C=O) groups excluding carboxylic acids is 1. The molecule has 2 heterocycles. The van der Waals surface area contributed by atoms with E-state index >= 15 is 0 Å². The van der Waals surface area contributed by atoms with Crippen LogP contribution in [0.25, 0.3) is 0 Å². The fourth-order valence-electron chi connectivity index (χ4n) is 4.87. The van der Waals surface area contributed by atoms with Gasteiger partial charge in [-0.15, -0.1) is 0 Å². The molecule has 0 bridgehead atoms. The van der Waals surface area contributed by atoms with Gasteiger partial charge in [-0.3, -0.25) is 4.79 Å². The Balaban J connectivity index is 1.64. The number of benzene rings is 2. The molecule has 5 nitrogen and oxygen atoms in total. The van der Waals surface area contributed by atoms with Crippen LogP contribution in [0.5, 0.6) is 0 Å². The van der Waals surface area contributed by atoms with Gasteiger partial charge in [-0.05, 0) is 75.4 Å². The zero-order valence-corrected chi connectivity index (χ0v) is 20.2. The summed E-state index contributed by atoms with van der Waals surface area (Å²) < 4.78 is 0. The van der Waals surface area contributed by atoms with Crippen LogP contribution in [0.15, 0.2) is 52.3 Å². The van der Waals surface area contributed by atoms with Crippen LogP contribution in [0.2, 0.25) is 0 Å². The van der Waals surface area contributed by atoms with Crippen molar-refractivity contribution in [1.29, 1.82) is 0 Å². The van der Waals surface area contributed by atoms with E-state index in [1.54, 1.807) is 11.8 Å². The minimum Gasteiger partial charge on any atom is -0.394 e. The molecule has 4 rings (SSSR count). The van der Waals surface area contributed by atoms with Gasteiger partial charge >= 0.3 is 0 Å². The second-order valence-electron chi connectivity index (χ2n) is 9.58. The monoisotopic (exact) mass is 453 g/mol. The van der Waals surface area contributed by atoms with Gasteiger partial charge in [-0.2, -0.15) is 0 Å². The highest BCUT2D eigenvalue weighted by Gasteiger charge is 2.37. The molecule has 0 radical (unpaired) electrons. The fourth-order valence-corrected chi connectivity index (χ4v) is 5.93. The molecule has 3 N–H and O–H groups in total. The first-order valence-corrected chi connectivity index (χ1v) is 12.6. The first kappa shape index (κ1) is 23.1. The number of fused-ring (bicyclic) bond motifs is 2. The minimum absolute atomic E-state index is 0.0193. The first-order chi connectivity index (χ1) is 15.4. The van der Waals surface area contributed by atoms with Crippen LogP contribution in [-0.2, 0) is 0 Å². The average Bonchev–Trinajstić information content (AvgIpc) is 3.25. The molecule has 1 amide bonds. The summed E-state index contributed by atoms with van der Waals surface area (Å²) in [6, 6.07) is 14.7. The van der Waals surface area contributed by atoms with Crippen LogP contribution in [0.4, 0.5) is 11.4 Å². The number of hydrogen-bond acceptors (Lipinski definition) is 5. The van der Waals surface area contributed by atoms with Crippen molar-refractivity contribution in [3.8, 4) is 0 Å². The van der Waals surface area contributed by atoms with Crippen molar-refractivity contribution in [3.05, 3.63) is 48.0 Å². The lowest BCUT2D eigenvalue weighted by atomic mass is 9.89. The van der Waals surface area contributed by atoms with Gasteiger partial charge in [0.05, 0.1) is 18.0 Å². The number of rotatable bonds is 8. The molecule has 0 spiro atoms. The highest BCUT2D eigenvalue weighted by Crippen LogP contribution is 2.50. The molecule has 0 aromatic heterocycles. The number of nitrogens with zero attached hydrogens (tertiary/aromatic N) is 1. The van der Waals surface area contributed by atoms with Gasteiger partial charge < -0.3 is 20.6 Å². The Hall–Kier alpha value is -2.02. The number of amides is 1. The highest BCUT2D eigenvalue weighted by molar-refractivity contribution is 7.99. The predicted molar refractivity (Wildman–Crippen MR) is 132 cm³/mol. The van der Waals surface area contributed by atoms with E-state index in [1.165, 1.54) is 10.6 Å². The molecule has 6 heteroatoms. The van der Waals surface area contributed by atoms with E-state index in [0.717, 1.165) is 42.8 Å². The number of aliphatic hydroxyl groups excluding tert-OH is 1. The lowest BCUT2D eigenvalue weighted by Crippen LogP contribution is -2.48. The number of aliphatic hydroxyl groups is 1. The smallest absolute Gasteiger partial charge is 0.251 e. The third kappa shape index (κ3) is 4.82. The van der Waals surface area contributed by atoms with Crippen molar-refractivity contribution >= 4 is 29.0 Å². The number of nitrogens with one attached hydrogen (secondary N) is 2. The molecule has 1 unspecified atom stereocenters. The van der Waals surface area contributed by atoms with E-state index in [4.69, 9.17) is 0 Å². The SMILES string of the molecule is CC(C)CCNC(=O)c1ccc2c(c1)N(C(C)C[C@]1(CO)CCCN1)c1ccccc1S2. The van der Waals surface area contributed by atoms with Crippen LogP contribution in [-0.4, -0.2) is 42.3 Å². The average molecular weight is 454 g/mol. The van der Waals surface area contributed by atoms with Crippen LogP contribution >= 0.6 is 11.8 Å². The molecular formula is C26H35N3O2S. The normalized spacial score (nSPS) is 20.7. The summed E-state index contributed by atoms with van der Waals surface area (Å²) in [6.45, 7) is 8.34. The summed E-state index contributed by atoms with van der Waals surface area (Å²) in [5.41, 5.74) is 2.70. The lowest BCUT2D eigenvalue weighted by molar-refractivity contribution is 0.0952. The van der Waals surface area contributed by atoms with Gasteiger partial charge in [-0.25, -0.2) is 0 Å². The maximum atomic E-state index is 12.8. The molecule has 172 valence electrons. The summed E-state index contributed by atoms with van der Waals surface area (Å²) >= 11 is 1.76. The molecule has 32 heavy (non-hydrogen) atoms. The molecule has 2 aliphatic rings. The van der Waals surface area contributed by atoms with Crippen molar-refractivity contribution in [2.75, 3.05) is 24.6 Å². The number of carbonyl (C=O) groups is 1. The first-order valence-electron chi connectivity index (χ1n) is 11.8. The molecule has 1 saturated heterocycles. The third-order valence-corrected chi connectivity index (χ3v) is 7.72. The van der Waals surface area contributed by atoms with E-state index in [1.807, 2.05) is 12.1 Å². The Bertz CT molecular complexity index is 956. The van der Waals surface area contributed by atoms with E-state index in [9.17, 15) is 9.90 Å². The van der Waals surface area contributed by atoms with Crippen molar-refractivity contribution in [2.24, 2.45) is 5.92 Å². The maximum Gasteiger partial charge on any atom is 0.251 e. The van der Waals surface area contributed by atoms with Gasteiger partial charge in [0.1, 0.15) is 0 Å². The van der Waals surface area contributed by atoms with E-state index < -0.39 is 0 Å². The topological polar surface area (TPSA) is 64.6 Å². The molecule has 0 aliphatic carbocycles. The van der Waals surface area contributed by atoms with Crippen molar-refractivity contribution < 1.29 is 9.90 Å². The summed E-state index contributed by atoms with van der Waals surface area (Å²) in [5, 5.41) is 16.8. The second-order valence-corrected chi connectivity index (χ2v) is 10.7. The van der Waals surface area contributed by atoms with E-state index in [-0.39, 0.29) is 24.1 Å². The summed E-state index contributed by atoms with van der Waals surface area (Å²) in [7, 11) is 0. The Morgan fingerprint density at radius 1 is 1.19 bits per heavy atom. The van der Waals surface area contributed by atoms with Crippen LogP contribution in [0.1, 0.15) is 56.8 Å². The zero-order valence-electron chi connectivity index (χ0n) is 19.4. The Morgan fingerprint density at radius 3 is 2.69 bits per heavy atom. The summed E-state index contributed by atoms with van der Waals surface area (Å²) in [5.74, 6) is 0.542. The Kier molecular flexibility index (Phi) is 7.13. The Morgan fingerprint density at radius 2 is 1.97 bits per heavy atom. The molecule has 2 aromatic carbocycles. The van der Waals surface area contributed by atoms with Gasteiger partial charge in [0.2, 0.25) is 0 Å². The predicted octanol–water partition coefficient (Wildman–Crippen LogP) is 4.96. The summed E-state index contributed by atoms with van der Waals surface area (Å²) in [4.78, 5) is 17.6. The van der Waals surface area contributed by atoms with Crippen LogP contribution in [0.3, 0.4) is 0 Å². The van der Waals surface area contributed by atoms with Gasteiger partial charge in [0.25, 0.3) is 5.91 Å². The van der Waals surface area contributed by atoms with Gasteiger partial charge in [-0.1, -0.05) is 37.7 Å². The largest absolute Gasteiger partial charge is 0.394 e. The molecule has 1 fully saturated rings. The fraction of sp³-hybridized carbons (Fsp3) is 0.500. The van der Waals surface area contributed by atoms with Crippen LogP contribution < -0.4 is 15.5 Å². The van der Waals surface area contributed by atoms with Crippen molar-refractivity contribution in [3.63, 3.8) is 0 Å². The van der Waals surface area contributed by atoms with E-state index in [2.05, 4.69) is 66.6 Å². The lowest BCUT2D eigenvalue weighted by Gasteiger charge is -2.41. The van der Waals surface area contributed by atoms with Crippen LogP contribution in [0, 0.1) is 5.92 Å². The number of hydrogen-bond donors (Lipinski definition) is 3. The minimum atomic E-state index is -0.231. The molecule has 2 aromatic rings. The molecular weight excluding hydrogens is 418 g/mol. The molecule has 2 aliphatic heterocycles. The molecule has 2 atom stereocenters. The van der Waals surface area contributed by atoms with Crippen molar-refractivity contribution in [1.82, 2.24) is 10.6 Å². The summed E-state index contributed by atoms with van der Waals surface area (Å²) in [6.07, 6.45) is 3.90. The van der Waals surface area contributed by atoms with Gasteiger partial charge in [0.15, 0.2) is 0 Å². The second kappa shape index (κ2) is 9.86. The van der Waals surface area contributed by atoms with Crippen molar-refractivity contribution in [2.45, 2.75) is 67.8 Å². The number of anilines is 2. The maximum absolute atomic E-state index is 12.8.